The molecule has 2 unspecified atom stereocenters. The van der Waals surface area contributed by atoms with Crippen LogP contribution in [0.3, 0.4) is 0 Å². The van der Waals surface area contributed by atoms with Gasteiger partial charge in [-0.05, 0) is 53.6 Å². The van der Waals surface area contributed by atoms with Crippen LogP contribution in [0.2, 0.25) is 0 Å². The first-order chi connectivity index (χ1) is 18.0. The highest BCUT2D eigenvalue weighted by atomic mass is 32.1. The SMILES string of the molecule is COc1ccc(C2c3ccsc3CCN2CC(=O)N2CCN(C(=O)NCc3ccccc3)C(C)C2)cc1. The van der Waals surface area contributed by atoms with E-state index in [2.05, 4.69) is 33.8 Å². The molecule has 3 aromatic rings. The number of piperazine rings is 1. The summed E-state index contributed by atoms with van der Waals surface area (Å²) in [6.07, 6.45) is 0.957. The van der Waals surface area contributed by atoms with Gasteiger partial charge in [-0.2, -0.15) is 0 Å². The summed E-state index contributed by atoms with van der Waals surface area (Å²) >= 11 is 1.80. The van der Waals surface area contributed by atoms with Crippen LogP contribution >= 0.6 is 11.3 Å². The van der Waals surface area contributed by atoms with E-state index in [4.69, 9.17) is 4.74 Å². The Labute approximate surface area is 222 Å². The third kappa shape index (κ3) is 5.65. The zero-order valence-electron chi connectivity index (χ0n) is 21.4. The minimum atomic E-state index is -0.0796. The summed E-state index contributed by atoms with van der Waals surface area (Å²) in [5.74, 6) is 0.945. The smallest absolute Gasteiger partial charge is 0.318 e. The number of ether oxygens (including phenoxy) is 1. The van der Waals surface area contributed by atoms with Gasteiger partial charge in [0.1, 0.15) is 5.75 Å². The van der Waals surface area contributed by atoms with Gasteiger partial charge in [0.25, 0.3) is 0 Å². The van der Waals surface area contributed by atoms with Crippen molar-refractivity contribution >= 4 is 23.3 Å². The molecular formula is C29H34N4O3S. The Morgan fingerprint density at radius 1 is 1.03 bits per heavy atom. The van der Waals surface area contributed by atoms with Crippen LogP contribution in [0.25, 0.3) is 0 Å². The number of amides is 3. The van der Waals surface area contributed by atoms with Gasteiger partial charge >= 0.3 is 6.03 Å². The summed E-state index contributed by atoms with van der Waals surface area (Å²) in [7, 11) is 1.67. The molecule has 194 valence electrons. The predicted octanol–water partition coefficient (Wildman–Crippen LogP) is 4.15. The van der Waals surface area contributed by atoms with Crippen molar-refractivity contribution in [3.8, 4) is 5.75 Å². The molecule has 1 aromatic heterocycles. The van der Waals surface area contributed by atoms with Crippen molar-refractivity contribution in [2.75, 3.05) is 39.8 Å². The van der Waals surface area contributed by atoms with E-state index in [9.17, 15) is 9.59 Å². The van der Waals surface area contributed by atoms with Crippen molar-refractivity contribution < 1.29 is 14.3 Å². The summed E-state index contributed by atoms with van der Waals surface area (Å²) in [6.45, 7) is 5.34. The van der Waals surface area contributed by atoms with E-state index in [1.807, 2.05) is 59.2 Å². The fraction of sp³-hybridized carbons (Fsp3) is 0.379. The van der Waals surface area contributed by atoms with E-state index in [0.717, 1.165) is 24.3 Å². The number of carbonyl (C=O) groups excluding carboxylic acids is 2. The van der Waals surface area contributed by atoms with Crippen molar-refractivity contribution in [1.29, 1.82) is 0 Å². The van der Waals surface area contributed by atoms with Crippen LogP contribution in [0.5, 0.6) is 5.75 Å². The van der Waals surface area contributed by atoms with Gasteiger partial charge in [-0.1, -0.05) is 42.5 Å². The first kappa shape index (κ1) is 25.3. The van der Waals surface area contributed by atoms with Crippen LogP contribution in [-0.2, 0) is 17.8 Å². The van der Waals surface area contributed by atoms with Crippen LogP contribution in [-0.4, -0.2) is 72.5 Å². The van der Waals surface area contributed by atoms with E-state index < -0.39 is 0 Å². The number of benzene rings is 2. The molecule has 5 rings (SSSR count). The lowest BCUT2D eigenvalue weighted by atomic mass is 9.93. The Kier molecular flexibility index (Phi) is 7.76. The highest BCUT2D eigenvalue weighted by molar-refractivity contribution is 7.10. The monoisotopic (exact) mass is 518 g/mol. The van der Waals surface area contributed by atoms with Gasteiger partial charge in [-0.25, -0.2) is 4.79 Å². The molecule has 2 atom stereocenters. The molecule has 0 saturated carbocycles. The zero-order valence-corrected chi connectivity index (χ0v) is 22.2. The normalized spacial score (nSPS) is 19.8. The van der Waals surface area contributed by atoms with Crippen LogP contribution in [0.1, 0.15) is 34.5 Å². The van der Waals surface area contributed by atoms with Crippen LogP contribution in [0.4, 0.5) is 4.79 Å². The summed E-state index contributed by atoms with van der Waals surface area (Å²) in [5.41, 5.74) is 3.53. The lowest BCUT2D eigenvalue weighted by Gasteiger charge is -2.41. The van der Waals surface area contributed by atoms with E-state index in [0.29, 0.717) is 32.7 Å². The predicted molar refractivity (Wildman–Crippen MR) is 146 cm³/mol. The molecule has 2 aliphatic heterocycles. The van der Waals surface area contributed by atoms with Gasteiger partial charge in [0.2, 0.25) is 5.91 Å². The molecule has 3 amide bonds. The minimum absolute atomic E-state index is 0.0457. The summed E-state index contributed by atoms with van der Waals surface area (Å²) < 4.78 is 5.35. The number of nitrogens with one attached hydrogen (secondary N) is 1. The number of carbonyl (C=O) groups is 2. The Morgan fingerprint density at radius 2 is 1.81 bits per heavy atom. The third-order valence-corrected chi connectivity index (χ3v) is 8.36. The number of hydrogen-bond donors (Lipinski definition) is 1. The van der Waals surface area contributed by atoms with Gasteiger partial charge in [-0.15, -0.1) is 11.3 Å². The standard InChI is InChI=1S/C29H34N4O3S/c1-21-19-31(15-16-33(21)29(35)30-18-22-6-4-3-5-7-22)27(34)20-32-14-12-26-25(13-17-37-26)28(32)23-8-10-24(36-2)11-9-23/h3-11,13,17,21,28H,12,14-16,18-20H2,1-2H3,(H,30,35). The van der Waals surface area contributed by atoms with Gasteiger partial charge in [-0.3, -0.25) is 9.69 Å². The first-order valence-corrected chi connectivity index (χ1v) is 13.7. The average molecular weight is 519 g/mol. The largest absolute Gasteiger partial charge is 0.497 e. The summed E-state index contributed by atoms with van der Waals surface area (Å²) in [5, 5.41) is 5.16. The van der Waals surface area contributed by atoms with E-state index in [-0.39, 0.29) is 24.0 Å². The molecule has 0 bridgehead atoms. The second-order valence-electron chi connectivity index (χ2n) is 9.72. The highest BCUT2D eigenvalue weighted by Gasteiger charge is 2.34. The van der Waals surface area contributed by atoms with Crippen molar-refractivity contribution in [2.24, 2.45) is 0 Å². The second kappa shape index (κ2) is 11.4. The molecule has 1 fully saturated rings. The zero-order chi connectivity index (χ0) is 25.8. The molecular weight excluding hydrogens is 484 g/mol. The fourth-order valence-electron chi connectivity index (χ4n) is 5.35. The number of hydrogen-bond acceptors (Lipinski definition) is 5. The Hall–Kier alpha value is -3.36. The van der Waals surface area contributed by atoms with Crippen LogP contribution in [0, 0.1) is 0 Å². The molecule has 3 heterocycles. The Morgan fingerprint density at radius 3 is 2.54 bits per heavy atom. The Bertz CT molecular complexity index is 1210. The summed E-state index contributed by atoms with van der Waals surface area (Å²) in [6, 6.07) is 20.2. The molecule has 0 radical (unpaired) electrons. The molecule has 0 spiro atoms. The van der Waals surface area contributed by atoms with E-state index in [1.165, 1.54) is 16.0 Å². The second-order valence-corrected chi connectivity index (χ2v) is 10.7. The summed E-state index contributed by atoms with van der Waals surface area (Å²) in [4.78, 5) is 33.7. The fourth-order valence-corrected chi connectivity index (χ4v) is 6.25. The molecule has 8 heteroatoms. The van der Waals surface area contributed by atoms with Gasteiger partial charge < -0.3 is 19.9 Å². The maximum absolute atomic E-state index is 13.5. The van der Waals surface area contributed by atoms with E-state index >= 15 is 0 Å². The van der Waals surface area contributed by atoms with Gasteiger partial charge in [0.15, 0.2) is 0 Å². The van der Waals surface area contributed by atoms with Crippen molar-refractivity contribution in [1.82, 2.24) is 20.0 Å². The number of fused-ring (bicyclic) bond motifs is 1. The lowest BCUT2D eigenvalue weighted by molar-refractivity contribution is -0.135. The number of urea groups is 1. The van der Waals surface area contributed by atoms with Crippen LogP contribution < -0.4 is 10.1 Å². The topological polar surface area (TPSA) is 65.1 Å². The molecule has 37 heavy (non-hydrogen) atoms. The molecule has 1 saturated heterocycles. The molecule has 7 nitrogen and oxygen atoms in total. The van der Waals surface area contributed by atoms with Gasteiger partial charge in [0, 0.05) is 43.6 Å². The lowest BCUT2D eigenvalue weighted by Crippen LogP contribution is -2.58. The maximum atomic E-state index is 13.5. The number of methoxy groups -OCH3 is 1. The number of rotatable bonds is 6. The molecule has 0 aliphatic carbocycles. The highest BCUT2D eigenvalue weighted by Crippen LogP contribution is 2.38. The quantitative estimate of drug-likeness (QED) is 0.533. The molecule has 2 aliphatic rings. The number of nitrogens with zero attached hydrogens (tertiary/aromatic N) is 3. The van der Waals surface area contributed by atoms with Crippen molar-refractivity contribution in [3.63, 3.8) is 0 Å². The number of thiophene rings is 1. The minimum Gasteiger partial charge on any atom is -0.497 e. The van der Waals surface area contributed by atoms with Crippen molar-refractivity contribution in [3.05, 3.63) is 87.6 Å². The van der Waals surface area contributed by atoms with Crippen LogP contribution in [0.15, 0.2) is 66.0 Å². The average Bonchev–Trinajstić information content (AvgIpc) is 3.41. The third-order valence-electron chi connectivity index (χ3n) is 7.36. The maximum Gasteiger partial charge on any atom is 0.318 e. The van der Waals surface area contributed by atoms with Crippen molar-refractivity contribution in [2.45, 2.75) is 32.0 Å². The molecule has 1 N–H and O–H groups in total. The Balaban J connectivity index is 1.21. The van der Waals surface area contributed by atoms with Gasteiger partial charge in [0.05, 0.1) is 19.7 Å². The first-order valence-electron chi connectivity index (χ1n) is 12.8. The molecule has 2 aromatic carbocycles. The van der Waals surface area contributed by atoms with E-state index in [1.54, 1.807) is 18.4 Å².